The lowest BCUT2D eigenvalue weighted by molar-refractivity contribution is -0.141. The Morgan fingerprint density at radius 3 is 2.71 bits per heavy atom. The summed E-state index contributed by atoms with van der Waals surface area (Å²) >= 11 is 7.46. The minimum Gasteiger partial charge on any atom is -0.496 e. The number of methoxy groups -OCH3 is 1. The topological polar surface area (TPSA) is 70.4 Å². The third kappa shape index (κ3) is 4.26. The second-order valence-electron chi connectivity index (χ2n) is 6.15. The molecule has 0 unspecified atom stereocenters. The Balaban J connectivity index is 1.67. The van der Waals surface area contributed by atoms with Crippen LogP contribution in [0, 0.1) is 13.8 Å². The number of aromatic nitrogens is 2. The van der Waals surface area contributed by atoms with Gasteiger partial charge in [-0.2, -0.15) is 0 Å². The number of aryl methyl sites for hydroxylation is 1. The zero-order chi connectivity index (χ0) is 20.3. The van der Waals surface area contributed by atoms with Crippen LogP contribution < -0.4 is 4.74 Å². The Labute approximate surface area is 171 Å². The zero-order valence-electron chi connectivity index (χ0n) is 15.7. The Kier molecular flexibility index (Phi) is 6.16. The Hall–Kier alpha value is -2.64. The third-order valence-corrected chi connectivity index (χ3v) is 5.28. The number of Topliss-reactive ketones (excluding diaryl/α,β-unsaturated/α-hetero) is 1. The molecule has 3 rings (SSSR count). The Morgan fingerprint density at radius 1 is 1.25 bits per heavy atom. The van der Waals surface area contributed by atoms with Crippen molar-refractivity contribution < 1.29 is 19.1 Å². The summed E-state index contributed by atoms with van der Waals surface area (Å²) in [6, 6.07) is 6.79. The molecule has 3 aromatic rings. The van der Waals surface area contributed by atoms with E-state index in [1.165, 1.54) is 18.4 Å². The molecule has 2 heterocycles. The van der Waals surface area contributed by atoms with Gasteiger partial charge in [0.1, 0.15) is 5.75 Å². The van der Waals surface area contributed by atoms with Gasteiger partial charge in [-0.05, 0) is 38.1 Å². The molecule has 146 valence electrons. The van der Waals surface area contributed by atoms with Gasteiger partial charge >= 0.3 is 5.97 Å². The number of ketones is 1. The van der Waals surface area contributed by atoms with Gasteiger partial charge in [-0.25, -0.2) is 4.98 Å². The van der Waals surface area contributed by atoms with Crippen LogP contribution in [0.1, 0.15) is 27.3 Å². The van der Waals surface area contributed by atoms with Crippen LogP contribution in [-0.2, 0) is 16.0 Å². The Morgan fingerprint density at radius 2 is 2.04 bits per heavy atom. The van der Waals surface area contributed by atoms with Gasteiger partial charge in [0, 0.05) is 39.1 Å². The van der Waals surface area contributed by atoms with Crippen molar-refractivity contribution >= 4 is 34.7 Å². The number of benzene rings is 1. The van der Waals surface area contributed by atoms with E-state index in [0.717, 1.165) is 16.5 Å². The molecule has 0 N–H and O–H groups in total. The van der Waals surface area contributed by atoms with Crippen molar-refractivity contribution in [2.24, 2.45) is 0 Å². The van der Waals surface area contributed by atoms with Gasteiger partial charge in [0.25, 0.3) is 0 Å². The molecule has 0 saturated heterocycles. The number of halogens is 1. The fraction of sp³-hybridized carbons (Fsp3) is 0.250. The molecule has 0 fully saturated rings. The highest BCUT2D eigenvalue weighted by molar-refractivity contribution is 7.12. The van der Waals surface area contributed by atoms with E-state index in [1.54, 1.807) is 30.5 Å². The van der Waals surface area contributed by atoms with Gasteiger partial charge < -0.3 is 9.47 Å². The molecule has 0 aliphatic carbocycles. The number of hydrogen-bond donors (Lipinski definition) is 0. The van der Waals surface area contributed by atoms with Crippen LogP contribution in [0.15, 0.2) is 35.8 Å². The number of rotatable bonds is 7. The van der Waals surface area contributed by atoms with E-state index in [9.17, 15) is 9.59 Å². The van der Waals surface area contributed by atoms with E-state index in [-0.39, 0.29) is 18.8 Å². The molecule has 6 nitrogen and oxygen atoms in total. The first-order chi connectivity index (χ1) is 13.4. The second-order valence-corrected chi connectivity index (χ2v) is 7.46. The maximum atomic E-state index is 12.6. The van der Waals surface area contributed by atoms with Gasteiger partial charge in [-0.1, -0.05) is 11.6 Å². The molecule has 0 radical (unpaired) electrons. The van der Waals surface area contributed by atoms with E-state index in [4.69, 9.17) is 21.1 Å². The summed E-state index contributed by atoms with van der Waals surface area (Å²) in [5.74, 6) is -0.246. The highest BCUT2D eigenvalue weighted by atomic mass is 35.5. The van der Waals surface area contributed by atoms with Crippen molar-refractivity contribution in [2.75, 3.05) is 13.7 Å². The smallest absolute Gasteiger partial charge is 0.310 e. The van der Waals surface area contributed by atoms with Gasteiger partial charge in [0.2, 0.25) is 5.78 Å². The second kappa shape index (κ2) is 8.58. The molecule has 0 amide bonds. The van der Waals surface area contributed by atoms with Crippen LogP contribution >= 0.6 is 22.9 Å². The molecule has 0 spiro atoms. The van der Waals surface area contributed by atoms with Gasteiger partial charge in [0.05, 0.1) is 13.5 Å². The van der Waals surface area contributed by atoms with Crippen molar-refractivity contribution in [2.45, 2.75) is 20.3 Å². The van der Waals surface area contributed by atoms with Crippen molar-refractivity contribution in [1.82, 2.24) is 9.55 Å². The average molecular weight is 419 g/mol. The molecule has 0 saturated carbocycles. The molecular weight excluding hydrogens is 400 g/mol. The first-order valence-corrected chi connectivity index (χ1v) is 9.76. The molecule has 28 heavy (non-hydrogen) atoms. The van der Waals surface area contributed by atoms with Gasteiger partial charge in [-0.15, -0.1) is 11.3 Å². The van der Waals surface area contributed by atoms with E-state index in [1.807, 2.05) is 23.8 Å². The highest BCUT2D eigenvalue weighted by Crippen LogP contribution is 2.24. The first-order valence-electron chi connectivity index (χ1n) is 8.50. The summed E-state index contributed by atoms with van der Waals surface area (Å²) in [7, 11) is 1.51. The number of thiazole rings is 1. The monoisotopic (exact) mass is 418 g/mol. The molecule has 0 atom stereocenters. The maximum Gasteiger partial charge on any atom is 0.310 e. The van der Waals surface area contributed by atoms with Crippen LogP contribution in [0.4, 0.5) is 0 Å². The summed E-state index contributed by atoms with van der Waals surface area (Å²) in [4.78, 5) is 29.1. The number of carbonyl (C=O) groups excluding carboxylic acids is 2. The van der Waals surface area contributed by atoms with Crippen LogP contribution in [0.5, 0.6) is 5.75 Å². The maximum absolute atomic E-state index is 12.6. The lowest BCUT2D eigenvalue weighted by atomic mass is 10.1. The SMILES string of the molecule is COc1ccc(Cl)cc1CC(=O)OCC(=O)c1cc(C)n(-c2nccs2)c1C. The number of ether oxygens (including phenoxy) is 2. The van der Waals surface area contributed by atoms with E-state index >= 15 is 0 Å². The molecule has 2 aromatic heterocycles. The van der Waals surface area contributed by atoms with Crippen LogP contribution in [0.2, 0.25) is 5.02 Å². The predicted molar refractivity (Wildman–Crippen MR) is 108 cm³/mol. The van der Waals surface area contributed by atoms with E-state index < -0.39 is 5.97 Å². The van der Waals surface area contributed by atoms with Crippen molar-refractivity contribution in [3.05, 3.63) is 63.4 Å². The molecule has 8 heteroatoms. The molecule has 1 aromatic carbocycles. The Bertz CT molecular complexity index is 1010. The zero-order valence-corrected chi connectivity index (χ0v) is 17.3. The van der Waals surface area contributed by atoms with Crippen molar-refractivity contribution in [3.63, 3.8) is 0 Å². The van der Waals surface area contributed by atoms with Crippen LogP contribution in [-0.4, -0.2) is 35.0 Å². The van der Waals surface area contributed by atoms with Crippen molar-refractivity contribution in [3.8, 4) is 10.9 Å². The summed E-state index contributed by atoms with van der Waals surface area (Å²) < 4.78 is 12.3. The minimum atomic E-state index is -0.525. The minimum absolute atomic E-state index is 0.0326. The first kappa shape index (κ1) is 20.1. The number of carbonyl (C=O) groups is 2. The molecule has 0 aliphatic heterocycles. The van der Waals surface area contributed by atoms with E-state index in [0.29, 0.717) is 21.9 Å². The quantitative estimate of drug-likeness (QED) is 0.425. The van der Waals surface area contributed by atoms with Crippen molar-refractivity contribution in [1.29, 1.82) is 0 Å². The lowest BCUT2D eigenvalue weighted by Crippen LogP contribution is -2.16. The number of nitrogens with zero attached hydrogens (tertiary/aromatic N) is 2. The summed E-state index contributed by atoms with van der Waals surface area (Å²) in [5, 5.41) is 3.16. The molecular formula is C20H19ClN2O4S. The predicted octanol–water partition coefficient (Wildman–Crippen LogP) is 4.18. The number of hydrogen-bond acceptors (Lipinski definition) is 6. The fourth-order valence-corrected chi connectivity index (χ4v) is 3.93. The lowest BCUT2D eigenvalue weighted by Gasteiger charge is -2.09. The number of esters is 1. The van der Waals surface area contributed by atoms with Crippen LogP contribution in [0.25, 0.3) is 5.13 Å². The van der Waals surface area contributed by atoms with Gasteiger partial charge in [0.15, 0.2) is 11.7 Å². The fourth-order valence-electron chi connectivity index (χ4n) is 2.98. The largest absolute Gasteiger partial charge is 0.496 e. The van der Waals surface area contributed by atoms with Crippen LogP contribution in [0.3, 0.4) is 0 Å². The summed E-state index contributed by atoms with van der Waals surface area (Å²) in [5.41, 5.74) is 2.78. The third-order valence-electron chi connectivity index (χ3n) is 4.28. The normalized spacial score (nSPS) is 10.7. The molecule has 0 bridgehead atoms. The molecule has 0 aliphatic rings. The average Bonchev–Trinajstić information content (AvgIpc) is 3.27. The standard InChI is InChI=1S/C20H19ClN2O4S/c1-12-8-16(13(2)23(12)20-22-6-7-28-20)17(24)11-27-19(25)10-14-9-15(21)4-5-18(14)26-3/h4-9H,10-11H2,1-3H3. The summed E-state index contributed by atoms with van der Waals surface area (Å²) in [6.07, 6.45) is 1.68. The van der Waals surface area contributed by atoms with E-state index in [2.05, 4.69) is 4.98 Å². The summed E-state index contributed by atoms with van der Waals surface area (Å²) in [6.45, 7) is 3.42. The van der Waals surface area contributed by atoms with Gasteiger partial charge in [-0.3, -0.25) is 14.2 Å². The highest BCUT2D eigenvalue weighted by Gasteiger charge is 2.19.